The van der Waals surface area contributed by atoms with Crippen molar-refractivity contribution in [2.24, 2.45) is 0 Å². The smallest absolute Gasteiger partial charge is 0.184 e. The second-order valence-corrected chi connectivity index (χ2v) is 2.83. The first kappa shape index (κ1) is 8.47. The second-order valence-electron chi connectivity index (χ2n) is 2.83. The van der Waals surface area contributed by atoms with E-state index in [-0.39, 0.29) is 12.4 Å². The van der Waals surface area contributed by atoms with Crippen molar-refractivity contribution >= 4 is 5.78 Å². The third-order valence-electron chi connectivity index (χ3n) is 1.92. The summed E-state index contributed by atoms with van der Waals surface area (Å²) in [6.07, 6.45) is 6.43. The minimum Gasteiger partial charge on any atom is -0.377 e. The molecule has 0 fully saturated rings. The van der Waals surface area contributed by atoms with Gasteiger partial charge >= 0.3 is 0 Å². The molecule has 0 aliphatic heterocycles. The van der Waals surface area contributed by atoms with E-state index in [0.29, 0.717) is 0 Å². The Morgan fingerprint density at radius 1 is 1.64 bits per heavy atom. The highest BCUT2D eigenvalue weighted by Gasteiger charge is 2.10. The Kier molecular flexibility index (Phi) is 3.30. The van der Waals surface area contributed by atoms with Gasteiger partial charge in [-0.2, -0.15) is 0 Å². The van der Waals surface area contributed by atoms with Crippen LogP contribution in [0.25, 0.3) is 0 Å². The molecule has 62 valence electrons. The first-order valence-corrected chi connectivity index (χ1v) is 4.06. The van der Waals surface area contributed by atoms with E-state index < -0.39 is 0 Å². The van der Waals surface area contributed by atoms with E-state index in [2.05, 4.69) is 0 Å². The van der Waals surface area contributed by atoms with Crippen molar-refractivity contribution < 1.29 is 9.53 Å². The zero-order valence-corrected chi connectivity index (χ0v) is 6.93. The maximum absolute atomic E-state index is 11.2. The Morgan fingerprint density at radius 3 is 3.00 bits per heavy atom. The monoisotopic (exact) mass is 154 g/mol. The van der Waals surface area contributed by atoms with Crippen molar-refractivity contribution in [2.45, 2.75) is 25.7 Å². The Bertz CT molecular complexity index is 170. The molecule has 0 atom stereocenters. The fraction of sp³-hybridized carbons (Fsp3) is 0.667. The van der Waals surface area contributed by atoms with Crippen LogP contribution in [-0.2, 0) is 9.53 Å². The van der Waals surface area contributed by atoms with Crippen molar-refractivity contribution in [1.82, 2.24) is 0 Å². The second kappa shape index (κ2) is 4.29. The third kappa shape index (κ3) is 2.46. The van der Waals surface area contributed by atoms with Gasteiger partial charge in [-0.1, -0.05) is 6.08 Å². The average molecular weight is 154 g/mol. The van der Waals surface area contributed by atoms with Crippen LogP contribution in [-0.4, -0.2) is 19.5 Å². The van der Waals surface area contributed by atoms with Crippen LogP contribution < -0.4 is 0 Å². The SMILES string of the molecule is COCC(=O)C1=CCCCC1. The van der Waals surface area contributed by atoms with Crippen LogP contribution in [0.15, 0.2) is 11.6 Å². The first-order chi connectivity index (χ1) is 5.34. The number of ketones is 1. The largest absolute Gasteiger partial charge is 0.377 e. The van der Waals surface area contributed by atoms with Crippen molar-refractivity contribution in [1.29, 1.82) is 0 Å². The van der Waals surface area contributed by atoms with Crippen LogP contribution in [0.2, 0.25) is 0 Å². The molecular weight excluding hydrogens is 140 g/mol. The summed E-state index contributed by atoms with van der Waals surface area (Å²) in [7, 11) is 1.56. The molecule has 0 aromatic rings. The van der Waals surface area contributed by atoms with Crippen LogP contribution in [0.5, 0.6) is 0 Å². The van der Waals surface area contributed by atoms with Crippen molar-refractivity contribution in [3.05, 3.63) is 11.6 Å². The van der Waals surface area contributed by atoms with Gasteiger partial charge < -0.3 is 4.74 Å². The summed E-state index contributed by atoms with van der Waals surface area (Å²) < 4.78 is 4.77. The van der Waals surface area contributed by atoms with E-state index in [0.717, 1.165) is 24.8 Å². The molecule has 0 aromatic carbocycles. The van der Waals surface area contributed by atoms with Gasteiger partial charge in [-0.05, 0) is 31.3 Å². The van der Waals surface area contributed by atoms with E-state index >= 15 is 0 Å². The molecule has 0 saturated heterocycles. The van der Waals surface area contributed by atoms with E-state index in [4.69, 9.17) is 4.74 Å². The molecule has 0 aromatic heterocycles. The lowest BCUT2D eigenvalue weighted by molar-refractivity contribution is -0.119. The lowest BCUT2D eigenvalue weighted by Gasteiger charge is -2.10. The number of hydrogen-bond donors (Lipinski definition) is 0. The molecule has 2 heteroatoms. The summed E-state index contributed by atoms with van der Waals surface area (Å²) in [6, 6.07) is 0. The van der Waals surface area contributed by atoms with Crippen LogP contribution in [0.1, 0.15) is 25.7 Å². The minimum atomic E-state index is 0.159. The molecule has 1 aliphatic rings. The van der Waals surface area contributed by atoms with E-state index in [1.165, 1.54) is 6.42 Å². The predicted octanol–water partition coefficient (Wildman–Crippen LogP) is 1.70. The number of carbonyl (C=O) groups is 1. The fourth-order valence-corrected chi connectivity index (χ4v) is 1.32. The third-order valence-corrected chi connectivity index (χ3v) is 1.92. The Balaban J connectivity index is 2.44. The van der Waals surface area contributed by atoms with Crippen LogP contribution in [0.3, 0.4) is 0 Å². The molecule has 0 amide bonds. The van der Waals surface area contributed by atoms with Gasteiger partial charge in [0.15, 0.2) is 5.78 Å². The molecule has 2 nitrogen and oxygen atoms in total. The Morgan fingerprint density at radius 2 is 2.45 bits per heavy atom. The van der Waals surface area contributed by atoms with Gasteiger partial charge in [-0.15, -0.1) is 0 Å². The summed E-state index contributed by atoms with van der Waals surface area (Å²) in [4.78, 5) is 11.2. The molecule has 0 bridgehead atoms. The summed E-state index contributed by atoms with van der Waals surface area (Å²) in [5.41, 5.74) is 0.970. The van der Waals surface area contributed by atoms with Gasteiger partial charge in [0.25, 0.3) is 0 Å². The number of Topliss-reactive ketones (excluding diaryl/α,β-unsaturated/α-hetero) is 1. The summed E-state index contributed by atoms with van der Waals surface area (Å²) >= 11 is 0. The van der Waals surface area contributed by atoms with E-state index in [1.54, 1.807) is 7.11 Å². The average Bonchev–Trinajstić information content (AvgIpc) is 2.07. The van der Waals surface area contributed by atoms with Crippen molar-refractivity contribution in [3.8, 4) is 0 Å². The van der Waals surface area contributed by atoms with Gasteiger partial charge in [0.05, 0.1) is 0 Å². The predicted molar refractivity (Wildman–Crippen MR) is 43.4 cm³/mol. The van der Waals surface area contributed by atoms with Crippen LogP contribution in [0, 0.1) is 0 Å². The normalized spacial score (nSPS) is 17.7. The minimum absolute atomic E-state index is 0.159. The molecule has 0 saturated carbocycles. The topological polar surface area (TPSA) is 26.3 Å². The lowest BCUT2D eigenvalue weighted by atomic mass is 9.97. The Labute approximate surface area is 67.2 Å². The van der Waals surface area contributed by atoms with Crippen molar-refractivity contribution in [2.75, 3.05) is 13.7 Å². The van der Waals surface area contributed by atoms with Gasteiger partial charge in [0, 0.05) is 7.11 Å². The number of allylic oxidation sites excluding steroid dienone is 1. The van der Waals surface area contributed by atoms with Gasteiger partial charge in [0.1, 0.15) is 6.61 Å². The molecule has 0 heterocycles. The number of carbonyl (C=O) groups excluding carboxylic acids is 1. The molecule has 0 unspecified atom stereocenters. The standard InChI is InChI=1S/C9H14O2/c1-11-7-9(10)8-5-3-2-4-6-8/h5H,2-4,6-7H2,1H3. The number of hydrogen-bond acceptors (Lipinski definition) is 2. The summed E-state index contributed by atoms with van der Waals surface area (Å²) in [5.74, 6) is 0.159. The maximum Gasteiger partial charge on any atom is 0.184 e. The zero-order chi connectivity index (χ0) is 8.10. The zero-order valence-electron chi connectivity index (χ0n) is 6.93. The fourth-order valence-electron chi connectivity index (χ4n) is 1.32. The highest BCUT2D eigenvalue weighted by molar-refractivity contribution is 5.96. The van der Waals surface area contributed by atoms with E-state index in [9.17, 15) is 4.79 Å². The molecule has 1 aliphatic carbocycles. The quantitative estimate of drug-likeness (QED) is 0.618. The Hall–Kier alpha value is -0.630. The first-order valence-electron chi connectivity index (χ1n) is 4.06. The number of ether oxygens (including phenoxy) is 1. The molecule has 0 spiro atoms. The molecule has 1 rings (SSSR count). The molecular formula is C9H14O2. The molecule has 0 radical (unpaired) electrons. The van der Waals surface area contributed by atoms with Crippen molar-refractivity contribution in [3.63, 3.8) is 0 Å². The van der Waals surface area contributed by atoms with Gasteiger partial charge in [-0.25, -0.2) is 0 Å². The molecule has 11 heavy (non-hydrogen) atoms. The number of rotatable bonds is 3. The maximum atomic E-state index is 11.2. The summed E-state index contributed by atoms with van der Waals surface area (Å²) in [6.45, 7) is 0.242. The van der Waals surface area contributed by atoms with Gasteiger partial charge in [-0.3, -0.25) is 4.79 Å². The summed E-state index contributed by atoms with van der Waals surface area (Å²) in [5, 5.41) is 0. The van der Waals surface area contributed by atoms with E-state index in [1.807, 2.05) is 6.08 Å². The van der Waals surface area contributed by atoms with Crippen LogP contribution >= 0.6 is 0 Å². The van der Waals surface area contributed by atoms with Gasteiger partial charge in [0.2, 0.25) is 0 Å². The number of methoxy groups -OCH3 is 1. The van der Waals surface area contributed by atoms with Crippen LogP contribution in [0.4, 0.5) is 0 Å². The highest BCUT2D eigenvalue weighted by Crippen LogP contribution is 2.17. The molecule has 0 N–H and O–H groups in total. The highest BCUT2D eigenvalue weighted by atomic mass is 16.5. The lowest BCUT2D eigenvalue weighted by Crippen LogP contribution is -2.11.